The number of nitrogens with zero attached hydrogens (tertiary/aromatic N) is 2. The second kappa shape index (κ2) is 8.29. The van der Waals surface area contributed by atoms with Crippen LogP contribution >= 0.6 is 12.4 Å². The molecule has 138 valence electrons. The van der Waals surface area contributed by atoms with Crippen molar-refractivity contribution in [2.45, 2.75) is 19.9 Å². The van der Waals surface area contributed by atoms with E-state index in [4.69, 9.17) is 0 Å². The minimum Gasteiger partial charge on any atom is -0.343 e. The van der Waals surface area contributed by atoms with Gasteiger partial charge >= 0.3 is 0 Å². The van der Waals surface area contributed by atoms with Crippen molar-refractivity contribution >= 4 is 30.0 Å². The van der Waals surface area contributed by atoms with Crippen LogP contribution < -0.4 is 10.6 Å². The van der Waals surface area contributed by atoms with Crippen LogP contribution in [0, 0.1) is 13.8 Å². The third-order valence-electron chi connectivity index (χ3n) is 4.55. The predicted molar refractivity (Wildman–Crippen MR) is 104 cm³/mol. The summed E-state index contributed by atoms with van der Waals surface area (Å²) >= 11 is 0. The molecule has 0 radical (unpaired) electrons. The van der Waals surface area contributed by atoms with Crippen LogP contribution in [0.3, 0.4) is 0 Å². The Bertz CT molecular complexity index is 811. The number of carbonyl (C=O) groups excluding carboxylic acids is 2. The highest BCUT2D eigenvalue weighted by atomic mass is 35.5. The molecule has 2 heterocycles. The van der Waals surface area contributed by atoms with Gasteiger partial charge in [0, 0.05) is 19.3 Å². The third kappa shape index (κ3) is 4.20. The van der Waals surface area contributed by atoms with E-state index < -0.39 is 6.04 Å². The Hall–Kier alpha value is -2.44. The molecule has 3 rings (SSSR count). The van der Waals surface area contributed by atoms with E-state index in [9.17, 15) is 9.59 Å². The lowest BCUT2D eigenvalue weighted by Gasteiger charge is -2.29. The molecule has 6 nitrogen and oxygen atoms in total. The second-order valence-electron chi connectivity index (χ2n) is 6.33. The number of aromatic nitrogens is 1. The van der Waals surface area contributed by atoms with Gasteiger partial charge in [-0.1, -0.05) is 30.3 Å². The van der Waals surface area contributed by atoms with Gasteiger partial charge in [0.1, 0.15) is 11.9 Å². The highest BCUT2D eigenvalue weighted by Gasteiger charge is 2.27. The van der Waals surface area contributed by atoms with Gasteiger partial charge in [-0.3, -0.25) is 14.9 Å². The molecule has 2 N–H and O–H groups in total. The number of piperazine rings is 1. The Labute approximate surface area is 159 Å². The fraction of sp³-hybridized carbons (Fsp3) is 0.316. The summed E-state index contributed by atoms with van der Waals surface area (Å²) in [5.41, 5.74) is 4.10. The average molecular weight is 375 g/mol. The van der Waals surface area contributed by atoms with Crippen molar-refractivity contribution in [1.29, 1.82) is 0 Å². The first-order chi connectivity index (χ1) is 12.0. The molecule has 1 aliphatic heterocycles. The summed E-state index contributed by atoms with van der Waals surface area (Å²) in [7, 11) is 1.70. The zero-order chi connectivity index (χ0) is 18.0. The molecule has 1 saturated heterocycles. The number of likely N-dealkylation sites (N-methyl/N-ethyl adjacent to an activating group) is 1. The minimum atomic E-state index is -0.439. The zero-order valence-electron chi connectivity index (χ0n) is 15.1. The van der Waals surface area contributed by atoms with E-state index in [1.807, 2.05) is 50.2 Å². The number of pyridine rings is 1. The normalized spacial score (nSPS) is 16.8. The van der Waals surface area contributed by atoms with E-state index in [1.165, 1.54) is 0 Å². The average Bonchev–Trinajstić information content (AvgIpc) is 2.61. The number of hydrogen-bond donors (Lipinski definition) is 2. The number of carbonyl (C=O) groups is 2. The van der Waals surface area contributed by atoms with Crippen molar-refractivity contribution in [2.24, 2.45) is 0 Å². The molecular formula is C19H23ClN4O2. The Balaban J connectivity index is 0.00000243. The molecule has 0 aliphatic carbocycles. The van der Waals surface area contributed by atoms with Crippen molar-refractivity contribution in [2.75, 3.05) is 25.5 Å². The van der Waals surface area contributed by atoms with Crippen LogP contribution in [0.5, 0.6) is 0 Å². The molecule has 2 aromatic rings. The molecule has 26 heavy (non-hydrogen) atoms. The van der Waals surface area contributed by atoms with Crippen LogP contribution in [-0.2, 0) is 9.59 Å². The summed E-state index contributed by atoms with van der Waals surface area (Å²) in [4.78, 5) is 30.1. The molecule has 0 saturated carbocycles. The summed E-state index contributed by atoms with van der Waals surface area (Å²) in [5.74, 6) is 0.321. The molecule has 1 fully saturated rings. The first kappa shape index (κ1) is 19.9. The van der Waals surface area contributed by atoms with Crippen LogP contribution in [0.25, 0.3) is 11.1 Å². The number of rotatable bonds is 3. The highest BCUT2D eigenvalue weighted by molar-refractivity contribution is 5.96. The first-order valence-corrected chi connectivity index (χ1v) is 8.27. The van der Waals surface area contributed by atoms with E-state index in [0.717, 1.165) is 22.4 Å². The number of aryl methyl sites for hydroxylation is 1. The van der Waals surface area contributed by atoms with Crippen LogP contribution in [-0.4, -0.2) is 47.9 Å². The van der Waals surface area contributed by atoms with E-state index in [-0.39, 0.29) is 30.8 Å². The van der Waals surface area contributed by atoms with Gasteiger partial charge in [-0.2, -0.15) is 0 Å². The van der Waals surface area contributed by atoms with Gasteiger partial charge in [0.05, 0.1) is 6.54 Å². The highest BCUT2D eigenvalue weighted by Crippen LogP contribution is 2.27. The largest absolute Gasteiger partial charge is 0.343 e. The third-order valence-corrected chi connectivity index (χ3v) is 4.55. The molecule has 1 atom stereocenters. The van der Waals surface area contributed by atoms with Gasteiger partial charge in [-0.25, -0.2) is 4.98 Å². The maximum Gasteiger partial charge on any atom is 0.244 e. The topological polar surface area (TPSA) is 74.3 Å². The molecule has 7 heteroatoms. The lowest BCUT2D eigenvalue weighted by atomic mass is 10.00. The van der Waals surface area contributed by atoms with Gasteiger partial charge in [0.15, 0.2) is 0 Å². The molecule has 1 unspecified atom stereocenters. The molecule has 1 aromatic heterocycles. The van der Waals surface area contributed by atoms with Gasteiger partial charge in [0.25, 0.3) is 0 Å². The van der Waals surface area contributed by atoms with Gasteiger partial charge < -0.3 is 10.2 Å². The van der Waals surface area contributed by atoms with Gasteiger partial charge in [-0.05, 0) is 36.6 Å². The maximum atomic E-state index is 12.5. The van der Waals surface area contributed by atoms with Gasteiger partial charge in [-0.15, -0.1) is 12.4 Å². The van der Waals surface area contributed by atoms with Gasteiger partial charge in [0.2, 0.25) is 11.8 Å². The fourth-order valence-corrected chi connectivity index (χ4v) is 2.89. The van der Waals surface area contributed by atoms with Crippen LogP contribution in [0.15, 0.2) is 36.4 Å². The standard InChI is InChI=1S/C19H22N4O2.ClH/c1-12-13(2)21-17(9-15(12)14-7-5-4-6-8-14)22-19(25)16-11-23(3)18(24)10-20-16;/h4-9,16,20H,10-11H2,1-3H3,(H,21,22,25);1H. The summed E-state index contributed by atoms with van der Waals surface area (Å²) in [5, 5.41) is 5.84. The minimum absolute atomic E-state index is 0. The summed E-state index contributed by atoms with van der Waals surface area (Å²) in [6, 6.07) is 11.5. The predicted octanol–water partition coefficient (Wildman–Crippen LogP) is 2.16. The Morgan fingerprint density at radius 1 is 1.27 bits per heavy atom. The Kier molecular flexibility index (Phi) is 6.34. The lowest BCUT2D eigenvalue weighted by molar-refractivity contribution is -0.133. The lowest BCUT2D eigenvalue weighted by Crippen LogP contribution is -2.57. The smallest absolute Gasteiger partial charge is 0.244 e. The zero-order valence-corrected chi connectivity index (χ0v) is 15.9. The summed E-state index contributed by atoms with van der Waals surface area (Å²) in [6.07, 6.45) is 0. The van der Waals surface area contributed by atoms with Crippen molar-refractivity contribution in [3.8, 4) is 11.1 Å². The summed E-state index contributed by atoms with van der Waals surface area (Å²) in [6.45, 7) is 4.48. The van der Waals surface area contributed by atoms with Crippen LogP contribution in [0.1, 0.15) is 11.3 Å². The number of nitrogens with one attached hydrogen (secondary N) is 2. The van der Waals surface area contributed by atoms with E-state index >= 15 is 0 Å². The monoisotopic (exact) mass is 374 g/mol. The molecule has 2 amide bonds. The molecule has 1 aliphatic rings. The summed E-state index contributed by atoms with van der Waals surface area (Å²) < 4.78 is 0. The van der Waals surface area contributed by atoms with Crippen LogP contribution in [0.4, 0.5) is 5.82 Å². The second-order valence-corrected chi connectivity index (χ2v) is 6.33. The van der Waals surface area contributed by atoms with E-state index in [0.29, 0.717) is 12.4 Å². The number of anilines is 1. The number of halogens is 1. The van der Waals surface area contributed by atoms with Crippen molar-refractivity contribution < 1.29 is 9.59 Å². The Morgan fingerprint density at radius 2 is 1.96 bits per heavy atom. The Morgan fingerprint density at radius 3 is 2.62 bits per heavy atom. The quantitative estimate of drug-likeness (QED) is 0.863. The molecule has 0 spiro atoms. The van der Waals surface area contributed by atoms with Crippen molar-refractivity contribution in [3.05, 3.63) is 47.7 Å². The molecular weight excluding hydrogens is 352 g/mol. The number of benzene rings is 1. The van der Waals surface area contributed by atoms with Crippen molar-refractivity contribution in [3.63, 3.8) is 0 Å². The first-order valence-electron chi connectivity index (χ1n) is 8.27. The SMILES string of the molecule is Cc1nc(NC(=O)C2CN(C)C(=O)CN2)cc(-c2ccccc2)c1C.Cl. The maximum absolute atomic E-state index is 12.5. The van der Waals surface area contributed by atoms with E-state index in [2.05, 4.69) is 15.6 Å². The van der Waals surface area contributed by atoms with Crippen molar-refractivity contribution in [1.82, 2.24) is 15.2 Å². The number of hydrogen-bond acceptors (Lipinski definition) is 4. The molecule has 0 bridgehead atoms. The van der Waals surface area contributed by atoms with Crippen LogP contribution in [0.2, 0.25) is 0 Å². The molecule has 1 aromatic carbocycles. The fourth-order valence-electron chi connectivity index (χ4n) is 2.89. The number of amides is 2. The van der Waals surface area contributed by atoms with E-state index in [1.54, 1.807) is 11.9 Å².